The van der Waals surface area contributed by atoms with Crippen LogP contribution in [0, 0.1) is 13.8 Å². The van der Waals surface area contributed by atoms with Crippen LogP contribution in [-0.2, 0) is 0 Å². The van der Waals surface area contributed by atoms with Crippen LogP contribution < -0.4 is 10.1 Å². The average molecular weight is 287 g/mol. The molecule has 0 saturated heterocycles. The number of hydrogen-bond donors (Lipinski definition) is 1. The number of ether oxygens (including phenoxy) is 1. The summed E-state index contributed by atoms with van der Waals surface area (Å²) in [5.41, 5.74) is 4.93. The second kappa shape index (κ2) is 6.31. The number of aryl methyl sites for hydroxylation is 1. The zero-order valence-electron chi connectivity index (χ0n) is 13.8. The largest absolute Gasteiger partial charge is 0.493 e. The van der Waals surface area contributed by atoms with Crippen LogP contribution in [0.5, 0.6) is 5.75 Å². The maximum Gasteiger partial charge on any atom is 0.161 e. The van der Waals surface area contributed by atoms with E-state index in [1.807, 2.05) is 11.7 Å². The standard InChI is InChI=1S/C17H25N3O/c1-11(2)20-17(15(21-6)10-19-20)16(18-5)14-9-7-8-12(3)13(14)4/h7-11,16,18H,1-6H3. The molecule has 1 atom stereocenters. The predicted molar refractivity (Wildman–Crippen MR) is 86.0 cm³/mol. The Morgan fingerprint density at radius 2 is 1.95 bits per heavy atom. The van der Waals surface area contributed by atoms with Crippen molar-refractivity contribution in [3.8, 4) is 5.75 Å². The van der Waals surface area contributed by atoms with Gasteiger partial charge in [-0.2, -0.15) is 5.10 Å². The Labute approximate surface area is 127 Å². The molecule has 0 saturated carbocycles. The maximum atomic E-state index is 5.53. The van der Waals surface area contributed by atoms with Crippen LogP contribution in [-0.4, -0.2) is 23.9 Å². The lowest BCUT2D eigenvalue weighted by Gasteiger charge is -2.23. The summed E-state index contributed by atoms with van der Waals surface area (Å²) in [6, 6.07) is 6.75. The van der Waals surface area contributed by atoms with E-state index in [-0.39, 0.29) is 12.1 Å². The molecule has 2 rings (SSSR count). The van der Waals surface area contributed by atoms with Gasteiger partial charge in [-0.05, 0) is 51.4 Å². The smallest absolute Gasteiger partial charge is 0.161 e. The first kappa shape index (κ1) is 15.6. The van der Waals surface area contributed by atoms with Crippen molar-refractivity contribution in [1.29, 1.82) is 0 Å². The maximum absolute atomic E-state index is 5.53. The van der Waals surface area contributed by atoms with Crippen LogP contribution in [0.4, 0.5) is 0 Å². The number of nitrogens with one attached hydrogen (secondary N) is 1. The van der Waals surface area contributed by atoms with Crippen molar-refractivity contribution in [3.05, 3.63) is 46.8 Å². The first-order valence-corrected chi connectivity index (χ1v) is 7.36. The normalized spacial score (nSPS) is 12.7. The van der Waals surface area contributed by atoms with Crippen molar-refractivity contribution in [2.45, 2.75) is 39.8 Å². The molecule has 0 radical (unpaired) electrons. The molecule has 1 aromatic heterocycles. The van der Waals surface area contributed by atoms with Gasteiger partial charge >= 0.3 is 0 Å². The number of hydrogen-bond acceptors (Lipinski definition) is 3. The number of aromatic nitrogens is 2. The summed E-state index contributed by atoms with van der Waals surface area (Å²) in [6.07, 6.45) is 1.80. The molecule has 1 unspecified atom stereocenters. The van der Waals surface area contributed by atoms with E-state index in [9.17, 15) is 0 Å². The van der Waals surface area contributed by atoms with E-state index in [0.717, 1.165) is 11.4 Å². The van der Waals surface area contributed by atoms with Crippen molar-refractivity contribution in [2.24, 2.45) is 0 Å². The van der Waals surface area contributed by atoms with E-state index in [1.54, 1.807) is 13.3 Å². The number of nitrogens with zero attached hydrogens (tertiary/aromatic N) is 2. The summed E-state index contributed by atoms with van der Waals surface area (Å²) in [5.74, 6) is 0.823. The van der Waals surface area contributed by atoms with Gasteiger partial charge in [0.25, 0.3) is 0 Å². The van der Waals surface area contributed by atoms with E-state index in [2.05, 4.69) is 56.3 Å². The van der Waals surface area contributed by atoms with Gasteiger partial charge in [0.2, 0.25) is 0 Å². The topological polar surface area (TPSA) is 39.1 Å². The van der Waals surface area contributed by atoms with E-state index >= 15 is 0 Å². The lowest BCUT2D eigenvalue weighted by atomic mass is 9.95. The molecule has 114 valence electrons. The zero-order valence-corrected chi connectivity index (χ0v) is 13.8. The predicted octanol–water partition coefficient (Wildman–Crippen LogP) is 3.40. The van der Waals surface area contributed by atoms with Gasteiger partial charge in [0.1, 0.15) is 5.69 Å². The van der Waals surface area contributed by atoms with Gasteiger partial charge in [-0.3, -0.25) is 4.68 Å². The molecule has 0 aliphatic carbocycles. The molecule has 4 nitrogen and oxygen atoms in total. The fraction of sp³-hybridized carbons (Fsp3) is 0.471. The molecule has 1 aromatic carbocycles. The van der Waals surface area contributed by atoms with E-state index < -0.39 is 0 Å². The Morgan fingerprint density at radius 3 is 2.52 bits per heavy atom. The van der Waals surface area contributed by atoms with Gasteiger partial charge in [0, 0.05) is 6.04 Å². The monoisotopic (exact) mass is 287 g/mol. The minimum absolute atomic E-state index is 0.0600. The molecule has 0 aliphatic rings. The van der Waals surface area contributed by atoms with Gasteiger partial charge < -0.3 is 10.1 Å². The molecule has 2 aromatic rings. The Morgan fingerprint density at radius 1 is 1.24 bits per heavy atom. The fourth-order valence-corrected chi connectivity index (χ4v) is 2.73. The number of benzene rings is 1. The molecule has 0 fully saturated rings. The van der Waals surface area contributed by atoms with Crippen molar-refractivity contribution in [1.82, 2.24) is 15.1 Å². The minimum atomic E-state index is 0.0600. The molecule has 0 spiro atoms. The minimum Gasteiger partial charge on any atom is -0.493 e. The van der Waals surface area contributed by atoms with Crippen LogP contribution in [0.2, 0.25) is 0 Å². The van der Waals surface area contributed by atoms with Crippen molar-refractivity contribution in [3.63, 3.8) is 0 Å². The molecule has 0 amide bonds. The van der Waals surface area contributed by atoms with Gasteiger partial charge in [0.15, 0.2) is 5.75 Å². The third kappa shape index (κ3) is 2.81. The molecule has 1 heterocycles. The Kier molecular flexibility index (Phi) is 4.68. The molecular formula is C17H25N3O. The van der Waals surface area contributed by atoms with Crippen LogP contribution in [0.25, 0.3) is 0 Å². The summed E-state index contributed by atoms with van der Waals surface area (Å²) in [5, 5.41) is 7.90. The molecule has 21 heavy (non-hydrogen) atoms. The SMILES string of the molecule is CNC(c1cccc(C)c1C)c1c(OC)cnn1C(C)C. The van der Waals surface area contributed by atoms with Gasteiger partial charge in [-0.15, -0.1) is 0 Å². The van der Waals surface area contributed by atoms with E-state index in [0.29, 0.717) is 0 Å². The molecular weight excluding hydrogens is 262 g/mol. The summed E-state index contributed by atoms with van der Waals surface area (Å²) in [6.45, 7) is 8.57. The summed E-state index contributed by atoms with van der Waals surface area (Å²) in [4.78, 5) is 0. The molecule has 0 aliphatic heterocycles. The second-order valence-electron chi connectivity index (χ2n) is 5.65. The third-order valence-electron chi connectivity index (χ3n) is 4.03. The van der Waals surface area contributed by atoms with E-state index in [4.69, 9.17) is 4.74 Å². The Hall–Kier alpha value is -1.81. The molecule has 1 N–H and O–H groups in total. The zero-order chi connectivity index (χ0) is 15.6. The van der Waals surface area contributed by atoms with E-state index in [1.165, 1.54) is 16.7 Å². The highest BCUT2D eigenvalue weighted by atomic mass is 16.5. The summed E-state index contributed by atoms with van der Waals surface area (Å²) >= 11 is 0. The average Bonchev–Trinajstić information content (AvgIpc) is 2.88. The van der Waals surface area contributed by atoms with Crippen LogP contribution in [0.3, 0.4) is 0 Å². The lowest BCUT2D eigenvalue weighted by molar-refractivity contribution is 0.396. The lowest BCUT2D eigenvalue weighted by Crippen LogP contribution is -2.24. The van der Waals surface area contributed by atoms with Crippen LogP contribution in [0.1, 0.15) is 48.3 Å². The summed E-state index contributed by atoms with van der Waals surface area (Å²) < 4.78 is 7.56. The molecule has 4 heteroatoms. The first-order valence-electron chi connectivity index (χ1n) is 7.36. The van der Waals surface area contributed by atoms with Crippen molar-refractivity contribution >= 4 is 0 Å². The van der Waals surface area contributed by atoms with Gasteiger partial charge in [-0.1, -0.05) is 18.2 Å². The number of rotatable bonds is 5. The third-order valence-corrected chi connectivity index (χ3v) is 4.03. The van der Waals surface area contributed by atoms with Crippen molar-refractivity contribution in [2.75, 3.05) is 14.2 Å². The highest BCUT2D eigenvalue weighted by molar-refractivity contribution is 5.42. The molecule has 0 bridgehead atoms. The summed E-state index contributed by atoms with van der Waals surface area (Å²) in [7, 11) is 3.67. The Bertz CT molecular complexity index is 616. The van der Waals surface area contributed by atoms with Gasteiger partial charge in [-0.25, -0.2) is 0 Å². The Balaban J connectivity index is 2.61. The quantitative estimate of drug-likeness (QED) is 0.916. The highest BCUT2D eigenvalue weighted by Gasteiger charge is 2.24. The second-order valence-corrected chi connectivity index (χ2v) is 5.65. The number of methoxy groups -OCH3 is 1. The van der Waals surface area contributed by atoms with Crippen LogP contribution in [0.15, 0.2) is 24.4 Å². The van der Waals surface area contributed by atoms with Crippen molar-refractivity contribution < 1.29 is 4.74 Å². The fourth-order valence-electron chi connectivity index (χ4n) is 2.73. The highest BCUT2D eigenvalue weighted by Crippen LogP contribution is 2.33. The van der Waals surface area contributed by atoms with Gasteiger partial charge in [0.05, 0.1) is 19.3 Å². The first-order chi connectivity index (χ1) is 10.0. The van der Waals surface area contributed by atoms with Crippen LogP contribution >= 0.6 is 0 Å².